The largest absolute Gasteiger partial charge is 0.361 e. The lowest BCUT2D eigenvalue weighted by molar-refractivity contribution is 0.554. The molecule has 1 nitrogen and oxygen atoms in total. The molecule has 1 heterocycles. The molecule has 1 unspecified atom stereocenters. The molecule has 0 N–H and O–H groups in total. The molecule has 0 radical (unpaired) electrons. The van der Waals surface area contributed by atoms with Gasteiger partial charge in [-0.05, 0) is 13.0 Å². The molecule has 32 valence electrons. The first-order chi connectivity index (χ1) is 2.75. The third kappa shape index (κ3) is 0.0835. The number of nitrogens with zero attached hydrogens (tertiary/aromatic N) is 1. The fourth-order valence-electron chi connectivity index (χ4n) is 0.871. The predicted octanol–water partition coefficient (Wildman–Crippen LogP) is 0.588. The van der Waals surface area contributed by atoms with Crippen LogP contribution < -0.4 is 0 Å². The molecule has 0 aromatic rings. The van der Waals surface area contributed by atoms with Crippen molar-refractivity contribution in [3.63, 3.8) is 0 Å². The summed E-state index contributed by atoms with van der Waals surface area (Å²) in [7, 11) is 2.12. The van der Waals surface area contributed by atoms with Crippen molar-refractivity contribution < 1.29 is 0 Å². The van der Waals surface area contributed by atoms with Crippen LogP contribution in [0.5, 0.6) is 0 Å². The summed E-state index contributed by atoms with van der Waals surface area (Å²) in [6, 6.07) is 0. The Morgan fingerprint density at radius 3 is 2.17 bits per heavy atom. The molecule has 0 aromatic heterocycles. The van der Waals surface area contributed by atoms with E-state index in [0.717, 1.165) is 0 Å². The van der Waals surface area contributed by atoms with E-state index in [0.29, 0.717) is 5.54 Å². The topological polar surface area (TPSA) is 3.01 Å². The van der Waals surface area contributed by atoms with Gasteiger partial charge in [0.25, 0.3) is 0 Å². The van der Waals surface area contributed by atoms with Gasteiger partial charge in [0, 0.05) is 12.7 Å². The van der Waals surface area contributed by atoms with E-state index < -0.39 is 0 Å². The van der Waals surface area contributed by atoms with Gasteiger partial charge in [-0.2, -0.15) is 0 Å². The van der Waals surface area contributed by atoms with Gasteiger partial charge in [0.15, 0.2) is 0 Å². The van der Waals surface area contributed by atoms with Gasteiger partial charge in [-0.15, -0.1) is 0 Å². The van der Waals surface area contributed by atoms with Crippen LogP contribution in [0.25, 0.3) is 0 Å². The zero-order valence-electron chi connectivity index (χ0n) is 4.02. The van der Waals surface area contributed by atoms with Crippen LogP contribution in [-0.4, -0.2) is 17.5 Å². The number of rotatable bonds is 0. The van der Waals surface area contributed by atoms with Gasteiger partial charge in [0.05, 0.1) is 5.54 Å². The summed E-state index contributed by atoms with van der Waals surface area (Å²) in [5.74, 6) is 0. The van der Waals surface area contributed by atoms with Gasteiger partial charge in [-0.25, -0.2) is 0 Å². The maximum absolute atomic E-state index is 2.27. The van der Waals surface area contributed by atoms with Crippen molar-refractivity contribution in [3.8, 4) is 0 Å². The normalized spacial score (nSPS) is 47.7. The Kier molecular flexibility index (Phi) is 0.161. The van der Waals surface area contributed by atoms with Crippen molar-refractivity contribution in [1.82, 2.24) is 4.90 Å². The molecule has 6 heavy (non-hydrogen) atoms. The number of likely N-dealkylation sites (N-methyl/N-ethyl adjacent to an activating group) is 1. The highest BCUT2D eigenvalue weighted by atomic mass is 15.4. The first-order valence-electron chi connectivity index (χ1n) is 2.22. The zero-order valence-corrected chi connectivity index (χ0v) is 4.02. The molecule has 0 saturated carbocycles. The molecule has 1 fully saturated rings. The van der Waals surface area contributed by atoms with Crippen LogP contribution in [0.1, 0.15) is 6.92 Å². The Hall–Kier alpha value is -0.460. The quantitative estimate of drug-likeness (QED) is 0.386. The Labute approximate surface area is 37.3 Å². The minimum Gasteiger partial charge on any atom is -0.361 e. The Morgan fingerprint density at radius 1 is 1.83 bits per heavy atom. The molecule has 1 aliphatic heterocycles. The second-order valence-corrected chi connectivity index (χ2v) is 2.24. The Morgan fingerprint density at radius 2 is 2.17 bits per heavy atom. The van der Waals surface area contributed by atoms with Crippen molar-refractivity contribution in [1.29, 1.82) is 0 Å². The van der Waals surface area contributed by atoms with Crippen LogP contribution in [0.15, 0.2) is 11.8 Å². The lowest BCUT2D eigenvalue weighted by atomic mass is 10.4. The first kappa shape index (κ1) is 2.67. The summed E-state index contributed by atoms with van der Waals surface area (Å²) in [5.41, 5.74) is 2.03. The molecule has 0 aromatic carbocycles. The van der Waals surface area contributed by atoms with E-state index in [1.54, 1.807) is 0 Å². The van der Waals surface area contributed by atoms with E-state index in [9.17, 15) is 0 Å². The summed E-state index contributed by atoms with van der Waals surface area (Å²) in [5, 5.41) is 0. The molecule has 0 spiro atoms. The third-order valence-electron chi connectivity index (χ3n) is 1.86. The molecular formula is C5H7N. The van der Waals surface area contributed by atoms with Gasteiger partial charge < -0.3 is 4.90 Å². The Balaban J connectivity index is 2.37. The van der Waals surface area contributed by atoms with Crippen molar-refractivity contribution in [2.24, 2.45) is 0 Å². The van der Waals surface area contributed by atoms with E-state index in [1.807, 2.05) is 0 Å². The van der Waals surface area contributed by atoms with Crippen molar-refractivity contribution in [3.05, 3.63) is 11.8 Å². The molecular weight excluding hydrogens is 74.1 g/mol. The van der Waals surface area contributed by atoms with E-state index in [4.69, 9.17) is 0 Å². The molecule has 1 aliphatic carbocycles. The molecule has 1 saturated heterocycles. The highest BCUT2D eigenvalue weighted by Gasteiger charge is 2.61. The van der Waals surface area contributed by atoms with Crippen molar-refractivity contribution in [2.75, 3.05) is 7.05 Å². The second kappa shape index (κ2) is 0.362. The molecule has 1 atom stereocenters. The van der Waals surface area contributed by atoms with Crippen LogP contribution in [0.4, 0.5) is 0 Å². The third-order valence-corrected chi connectivity index (χ3v) is 1.86. The fraction of sp³-hybridized carbons (Fsp3) is 0.600. The van der Waals surface area contributed by atoms with Crippen LogP contribution in [0, 0.1) is 0 Å². The van der Waals surface area contributed by atoms with Gasteiger partial charge >= 0.3 is 0 Å². The van der Waals surface area contributed by atoms with Gasteiger partial charge in [0.1, 0.15) is 0 Å². The van der Waals surface area contributed by atoms with Crippen LogP contribution in [-0.2, 0) is 0 Å². The van der Waals surface area contributed by atoms with Gasteiger partial charge in [0.2, 0.25) is 0 Å². The standard InChI is InChI=1S/C5H7N/c1-5-3-4(5)6(5)2/h3H,1-2H3. The molecule has 2 aliphatic rings. The number of fused-ring (bicyclic) bond motifs is 1. The van der Waals surface area contributed by atoms with E-state index in [1.165, 1.54) is 5.70 Å². The average Bonchev–Trinajstić information content (AvgIpc) is 2.24. The SMILES string of the molecule is CN1C2=CC21C. The first-order valence-corrected chi connectivity index (χ1v) is 2.22. The summed E-state index contributed by atoms with van der Waals surface area (Å²) >= 11 is 0. The summed E-state index contributed by atoms with van der Waals surface area (Å²) < 4.78 is 0. The Bertz CT molecular complexity index is 137. The minimum atomic E-state index is 0.500. The molecule has 0 amide bonds. The van der Waals surface area contributed by atoms with Gasteiger partial charge in [-0.1, -0.05) is 0 Å². The van der Waals surface area contributed by atoms with Crippen LogP contribution >= 0.6 is 0 Å². The molecule has 2 rings (SSSR count). The second-order valence-electron chi connectivity index (χ2n) is 2.24. The maximum atomic E-state index is 2.27. The predicted molar refractivity (Wildman–Crippen MR) is 24.3 cm³/mol. The highest BCUT2D eigenvalue weighted by molar-refractivity contribution is 5.58. The summed E-state index contributed by atoms with van der Waals surface area (Å²) in [6.45, 7) is 2.22. The van der Waals surface area contributed by atoms with Crippen LogP contribution in [0.2, 0.25) is 0 Å². The van der Waals surface area contributed by atoms with Crippen molar-refractivity contribution >= 4 is 0 Å². The summed E-state index contributed by atoms with van der Waals surface area (Å²) in [4.78, 5) is 2.27. The zero-order chi connectivity index (χ0) is 4.36. The maximum Gasteiger partial charge on any atom is 0.0968 e. The van der Waals surface area contributed by atoms with Gasteiger partial charge in [-0.3, -0.25) is 0 Å². The monoisotopic (exact) mass is 81.1 g/mol. The average molecular weight is 81.1 g/mol. The van der Waals surface area contributed by atoms with Crippen molar-refractivity contribution in [2.45, 2.75) is 12.5 Å². The van der Waals surface area contributed by atoms with E-state index in [2.05, 4.69) is 24.9 Å². The molecule has 0 bridgehead atoms. The molecule has 1 heteroatoms. The smallest absolute Gasteiger partial charge is 0.0968 e. The minimum absolute atomic E-state index is 0.500. The number of hydrogen-bond donors (Lipinski definition) is 0. The fourth-order valence-corrected chi connectivity index (χ4v) is 0.871. The van der Waals surface area contributed by atoms with E-state index in [-0.39, 0.29) is 0 Å². The number of hydrogen-bond acceptors (Lipinski definition) is 1. The summed E-state index contributed by atoms with van der Waals surface area (Å²) in [6.07, 6.45) is 2.27. The highest BCUT2D eigenvalue weighted by Crippen LogP contribution is 2.58. The van der Waals surface area contributed by atoms with E-state index >= 15 is 0 Å². The lowest BCUT2D eigenvalue weighted by Crippen LogP contribution is -2.02. The van der Waals surface area contributed by atoms with Crippen LogP contribution in [0.3, 0.4) is 0 Å². The lowest BCUT2D eigenvalue weighted by Gasteiger charge is -1.96.